The zero-order valence-electron chi connectivity index (χ0n) is 12.4. The molecule has 0 saturated carbocycles. The highest BCUT2D eigenvalue weighted by atomic mass is 35.5. The highest BCUT2D eigenvalue weighted by Gasteiger charge is 2.08. The predicted molar refractivity (Wildman–Crippen MR) is 95.6 cm³/mol. The smallest absolute Gasteiger partial charge is 0.185 e. The third kappa shape index (κ3) is 3.70. The topological polar surface area (TPSA) is 50.4 Å². The summed E-state index contributed by atoms with van der Waals surface area (Å²) in [6, 6.07) is 14.7. The van der Waals surface area contributed by atoms with Crippen molar-refractivity contribution in [2.24, 2.45) is 0 Å². The molecule has 0 aliphatic carbocycles. The van der Waals surface area contributed by atoms with E-state index in [9.17, 15) is 9.90 Å². The maximum atomic E-state index is 12.1. The molecule has 3 aromatic rings. The van der Waals surface area contributed by atoms with Crippen molar-refractivity contribution in [1.82, 2.24) is 0 Å². The van der Waals surface area contributed by atoms with Gasteiger partial charge in [-0.05, 0) is 66.7 Å². The number of halogens is 2. The average Bonchev–Trinajstić information content (AvgIpc) is 3.02. The van der Waals surface area contributed by atoms with E-state index < -0.39 is 0 Å². The first-order valence-corrected chi connectivity index (χ1v) is 7.85. The van der Waals surface area contributed by atoms with Gasteiger partial charge in [-0.2, -0.15) is 0 Å². The number of hydrogen-bond donors (Lipinski definition) is 1. The lowest BCUT2D eigenvalue weighted by atomic mass is 10.1. The molecule has 0 radical (unpaired) electrons. The van der Waals surface area contributed by atoms with Crippen molar-refractivity contribution in [2.45, 2.75) is 0 Å². The standard InChI is InChI=1S/C19H12Cl2O3/c20-13-3-8-16(17(21)11-13)19-10-7-15(24-19)6-9-18(23)12-1-4-14(22)5-2-12/h1-11,22H. The van der Waals surface area contributed by atoms with Crippen LogP contribution in [0.1, 0.15) is 16.1 Å². The minimum absolute atomic E-state index is 0.117. The largest absolute Gasteiger partial charge is 0.508 e. The maximum Gasteiger partial charge on any atom is 0.185 e. The van der Waals surface area contributed by atoms with Crippen LogP contribution in [0.3, 0.4) is 0 Å². The Morgan fingerprint density at radius 1 is 1.00 bits per heavy atom. The Balaban J connectivity index is 1.78. The van der Waals surface area contributed by atoms with Crippen LogP contribution in [0.2, 0.25) is 10.0 Å². The number of rotatable bonds is 4. The van der Waals surface area contributed by atoms with Crippen molar-refractivity contribution in [3.05, 3.63) is 82.0 Å². The quantitative estimate of drug-likeness (QED) is 0.469. The number of benzene rings is 2. The number of carbonyl (C=O) groups excluding carboxylic acids is 1. The third-order valence-corrected chi connectivity index (χ3v) is 3.92. The lowest BCUT2D eigenvalue weighted by Gasteiger charge is -2.00. The molecule has 120 valence electrons. The lowest BCUT2D eigenvalue weighted by molar-refractivity contribution is 0.104. The normalized spacial score (nSPS) is 11.1. The van der Waals surface area contributed by atoms with E-state index in [-0.39, 0.29) is 11.5 Å². The second-order valence-corrected chi connectivity index (χ2v) is 5.91. The van der Waals surface area contributed by atoms with Gasteiger partial charge in [-0.3, -0.25) is 4.79 Å². The van der Waals surface area contributed by atoms with Gasteiger partial charge in [0.25, 0.3) is 0 Å². The number of allylic oxidation sites excluding steroid dienone is 1. The molecule has 1 aromatic heterocycles. The van der Waals surface area contributed by atoms with Crippen LogP contribution in [0.15, 0.2) is 65.1 Å². The molecule has 1 N–H and O–H groups in total. The number of phenolic OH excluding ortho intramolecular Hbond substituents is 1. The molecule has 0 spiro atoms. The van der Waals surface area contributed by atoms with Crippen LogP contribution in [0.5, 0.6) is 5.75 Å². The molecule has 24 heavy (non-hydrogen) atoms. The summed E-state index contributed by atoms with van der Waals surface area (Å²) in [5.41, 5.74) is 1.21. The van der Waals surface area contributed by atoms with Gasteiger partial charge in [0, 0.05) is 16.1 Å². The molecule has 0 saturated heterocycles. The van der Waals surface area contributed by atoms with E-state index in [0.29, 0.717) is 27.1 Å². The summed E-state index contributed by atoms with van der Waals surface area (Å²) in [6.07, 6.45) is 3.00. The van der Waals surface area contributed by atoms with Crippen LogP contribution < -0.4 is 0 Å². The zero-order chi connectivity index (χ0) is 17.1. The van der Waals surface area contributed by atoms with Gasteiger partial charge < -0.3 is 9.52 Å². The summed E-state index contributed by atoms with van der Waals surface area (Å²) < 4.78 is 5.69. The molecular formula is C19H12Cl2O3. The Morgan fingerprint density at radius 3 is 2.46 bits per heavy atom. The Bertz CT molecular complexity index is 909. The van der Waals surface area contributed by atoms with Crippen LogP contribution in [0.4, 0.5) is 0 Å². The summed E-state index contributed by atoms with van der Waals surface area (Å²) in [5.74, 6) is 1.06. The summed E-state index contributed by atoms with van der Waals surface area (Å²) in [5, 5.41) is 10.3. The number of hydrogen-bond acceptors (Lipinski definition) is 3. The first kappa shape index (κ1) is 16.4. The van der Waals surface area contributed by atoms with E-state index in [1.807, 2.05) is 0 Å². The Hall–Kier alpha value is -2.49. The van der Waals surface area contributed by atoms with Gasteiger partial charge in [0.2, 0.25) is 0 Å². The van der Waals surface area contributed by atoms with Crippen LogP contribution >= 0.6 is 23.2 Å². The van der Waals surface area contributed by atoms with Crippen molar-refractivity contribution in [3.8, 4) is 17.1 Å². The maximum absolute atomic E-state index is 12.1. The first-order valence-electron chi connectivity index (χ1n) is 7.09. The second-order valence-electron chi connectivity index (χ2n) is 5.07. The Morgan fingerprint density at radius 2 is 1.75 bits per heavy atom. The van der Waals surface area contributed by atoms with E-state index in [1.165, 1.54) is 18.2 Å². The van der Waals surface area contributed by atoms with E-state index in [2.05, 4.69) is 0 Å². The monoisotopic (exact) mass is 358 g/mol. The minimum atomic E-state index is -0.183. The number of aromatic hydroxyl groups is 1. The average molecular weight is 359 g/mol. The number of ketones is 1. The van der Waals surface area contributed by atoms with E-state index in [1.54, 1.807) is 48.5 Å². The van der Waals surface area contributed by atoms with Gasteiger partial charge in [0.1, 0.15) is 17.3 Å². The van der Waals surface area contributed by atoms with Crippen LogP contribution in [-0.2, 0) is 0 Å². The van der Waals surface area contributed by atoms with Crippen LogP contribution in [0, 0.1) is 0 Å². The van der Waals surface area contributed by atoms with Crippen LogP contribution in [0.25, 0.3) is 17.4 Å². The van der Waals surface area contributed by atoms with E-state index in [4.69, 9.17) is 27.6 Å². The SMILES string of the molecule is O=C(C=Cc1ccc(-c2ccc(Cl)cc2Cl)o1)c1ccc(O)cc1. The van der Waals surface area contributed by atoms with Gasteiger partial charge in [-0.25, -0.2) is 0 Å². The van der Waals surface area contributed by atoms with Crippen molar-refractivity contribution >= 4 is 35.1 Å². The van der Waals surface area contributed by atoms with Crippen molar-refractivity contribution in [2.75, 3.05) is 0 Å². The Labute approximate surface area is 148 Å². The molecule has 3 nitrogen and oxygen atoms in total. The van der Waals surface area contributed by atoms with Gasteiger partial charge >= 0.3 is 0 Å². The van der Waals surface area contributed by atoms with Gasteiger partial charge in [-0.1, -0.05) is 23.2 Å². The molecule has 0 unspecified atom stereocenters. The molecule has 3 rings (SSSR count). The fourth-order valence-corrected chi connectivity index (χ4v) is 2.66. The number of carbonyl (C=O) groups is 1. The minimum Gasteiger partial charge on any atom is -0.508 e. The molecule has 5 heteroatoms. The molecule has 0 amide bonds. The molecule has 0 aliphatic rings. The Kier molecular flexibility index (Phi) is 4.74. The van der Waals surface area contributed by atoms with E-state index in [0.717, 1.165) is 5.56 Å². The first-order chi connectivity index (χ1) is 11.5. The van der Waals surface area contributed by atoms with Crippen molar-refractivity contribution in [1.29, 1.82) is 0 Å². The van der Waals surface area contributed by atoms with E-state index >= 15 is 0 Å². The summed E-state index contributed by atoms with van der Waals surface area (Å²) >= 11 is 12.0. The van der Waals surface area contributed by atoms with Crippen LogP contribution in [-0.4, -0.2) is 10.9 Å². The highest BCUT2D eigenvalue weighted by Crippen LogP contribution is 2.31. The lowest BCUT2D eigenvalue weighted by Crippen LogP contribution is -1.92. The molecule has 1 heterocycles. The fraction of sp³-hybridized carbons (Fsp3) is 0. The van der Waals surface area contributed by atoms with Gasteiger partial charge in [0.05, 0.1) is 5.02 Å². The predicted octanol–water partition coefficient (Wildman–Crippen LogP) is 5.86. The third-order valence-electron chi connectivity index (χ3n) is 3.37. The summed E-state index contributed by atoms with van der Waals surface area (Å²) in [7, 11) is 0. The molecule has 0 atom stereocenters. The molecule has 0 aliphatic heterocycles. The van der Waals surface area contributed by atoms with Crippen molar-refractivity contribution in [3.63, 3.8) is 0 Å². The van der Waals surface area contributed by atoms with Gasteiger partial charge in [0.15, 0.2) is 5.78 Å². The molecular weight excluding hydrogens is 347 g/mol. The number of furan rings is 1. The summed E-state index contributed by atoms with van der Waals surface area (Å²) in [4.78, 5) is 12.1. The highest BCUT2D eigenvalue weighted by molar-refractivity contribution is 6.36. The second kappa shape index (κ2) is 6.95. The molecule has 0 fully saturated rings. The number of phenols is 1. The molecule has 0 bridgehead atoms. The van der Waals surface area contributed by atoms with Crippen molar-refractivity contribution < 1.29 is 14.3 Å². The zero-order valence-corrected chi connectivity index (χ0v) is 13.9. The van der Waals surface area contributed by atoms with Gasteiger partial charge in [-0.15, -0.1) is 0 Å². The summed E-state index contributed by atoms with van der Waals surface area (Å²) in [6.45, 7) is 0. The fourth-order valence-electron chi connectivity index (χ4n) is 2.16. The molecule has 2 aromatic carbocycles.